The first-order chi connectivity index (χ1) is 6.06. The Morgan fingerprint density at radius 1 is 1.62 bits per heavy atom. The Morgan fingerprint density at radius 3 is 2.69 bits per heavy atom. The summed E-state index contributed by atoms with van der Waals surface area (Å²) in [6.07, 6.45) is -2.76. The molecule has 0 amide bonds. The third-order valence-electron chi connectivity index (χ3n) is 1.40. The first-order valence-corrected chi connectivity index (χ1v) is 4.07. The number of ether oxygens (including phenoxy) is 1. The summed E-state index contributed by atoms with van der Waals surface area (Å²) in [7, 11) is 1.31. The minimum atomic E-state index is -2.76. The molecule has 1 N–H and O–H groups in total. The normalized spacial score (nSPS) is 10.5. The number of nitrogens with zero attached hydrogens (tertiary/aromatic N) is 1. The van der Waals surface area contributed by atoms with Crippen molar-refractivity contribution >= 4 is 15.9 Å². The molecule has 0 atom stereocenters. The second-order valence-electron chi connectivity index (χ2n) is 2.19. The van der Waals surface area contributed by atoms with Crippen LogP contribution in [0, 0.1) is 0 Å². The average molecular weight is 254 g/mol. The highest BCUT2D eigenvalue weighted by Gasteiger charge is 2.17. The molecule has 1 heterocycles. The summed E-state index contributed by atoms with van der Waals surface area (Å²) in [4.78, 5) is 3.65. The maximum absolute atomic E-state index is 12.3. The molecule has 0 fully saturated rings. The summed E-state index contributed by atoms with van der Waals surface area (Å²) in [5, 5.41) is 9.14. The van der Waals surface area contributed by atoms with Gasteiger partial charge in [0.05, 0.1) is 12.7 Å². The molecule has 0 aliphatic rings. The van der Waals surface area contributed by atoms with E-state index in [0.29, 0.717) is 0 Å². The van der Waals surface area contributed by atoms with E-state index in [1.807, 2.05) is 0 Å². The highest BCUT2D eigenvalue weighted by Crippen LogP contribution is 2.35. The van der Waals surface area contributed by atoms with Crippen LogP contribution >= 0.6 is 15.9 Å². The summed E-state index contributed by atoms with van der Waals surface area (Å²) in [5.74, 6) is -0.532. The molecule has 13 heavy (non-hydrogen) atoms. The van der Waals surface area contributed by atoms with E-state index >= 15 is 0 Å². The van der Waals surface area contributed by atoms with Gasteiger partial charge in [-0.25, -0.2) is 13.8 Å². The van der Waals surface area contributed by atoms with Crippen molar-refractivity contribution < 1.29 is 18.6 Å². The highest BCUT2D eigenvalue weighted by atomic mass is 79.9. The summed E-state index contributed by atoms with van der Waals surface area (Å²) < 4.78 is 29.1. The third kappa shape index (κ3) is 2.06. The van der Waals surface area contributed by atoms with Crippen LogP contribution in [0.4, 0.5) is 8.78 Å². The molecule has 0 aliphatic carbocycles. The van der Waals surface area contributed by atoms with Crippen molar-refractivity contribution in [3.05, 3.63) is 16.2 Å². The van der Waals surface area contributed by atoms with Gasteiger partial charge >= 0.3 is 0 Å². The van der Waals surface area contributed by atoms with Gasteiger partial charge in [0, 0.05) is 6.07 Å². The van der Waals surface area contributed by atoms with Gasteiger partial charge in [0.1, 0.15) is 0 Å². The van der Waals surface area contributed by atoms with Gasteiger partial charge in [-0.15, -0.1) is 0 Å². The molecule has 0 saturated carbocycles. The van der Waals surface area contributed by atoms with Gasteiger partial charge in [0.25, 0.3) is 6.43 Å². The number of pyridine rings is 1. The first kappa shape index (κ1) is 10.2. The Balaban J connectivity index is 3.25. The van der Waals surface area contributed by atoms with Gasteiger partial charge in [-0.2, -0.15) is 0 Å². The van der Waals surface area contributed by atoms with Crippen LogP contribution in [0.2, 0.25) is 0 Å². The van der Waals surface area contributed by atoms with Crippen molar-refractivity contribution in [2.45, 2.75) is 6.43 Å². The lowest BCUT2D eigenvalue weighted by molar-refractivity contribution is 0.146. The second kappa shape index (κ2) is 3.87. The minimum Gasteiger partial charge on any atom is -0.505 e. The van der Waals surface area contributed by atoms with Crippen molar-refractivity contribution in [2.75, 3.05) is 7.11 Å². The third-order valence-corrected chi connectivity index (χ3v) is 1.95. The molecule has 6 heteroatoms. The van der Waals surface area contributed by atoms with E-state index in [4.69, 9.17) is 5.11 Å². The monoisotopic (exact) mass is 253 g/mol. The zero-order chi connectivity index (χ0) is 10.0. The van der Waals surface area contributed by atoms with Crippen molar-refractivity contribution in [2.24, 2.45) is 0 Å². The zero-order valence-corrected chi connectivity index (χ0v) is 8.18. The molecular formula is C7H6BrF2NO2. The molecule has 0 unspecified atom stereocenters. The molecule has 0 saturated heterocycles. The topological polar surface area (TPSA) is 42.4 Å². The Bertz CT molecular complexity index is 320. The molecule has 0 spiro atoms. The Morgan fingerprint density at radius 2 is 2.23 bits per heavy atom. The SMILES string of the molecule is COc1cc(C(F)F)c(O)c(Br)n1. The number of halogens is 3. The maximum atomic E-state index is 12.3. The summed E-state index contributed by atoms with van der Waals surface area (Å²) in [6.45, 7) is 0. The molecule has 1 aromatic rings. The predicted molar refractivity (Wildman–Crippen MR) is 45.1 cm³/mol. The summed E-state index contributed by atoms with van der Waals surface area (Å²) >= 11 is 2.83. The van der Waals surface area contributed by atoms with E-state index in [0.717, 1.165) is 6.07 Å². The number of methoxy groups -OCH3 is 1. The van der Waals surface area contributed by atoms with Crippen LogP contribution in [0.25, 0.3) is 0 Å². The van der Waals surface area contributed by atoms with Crippen molar-refractivity contribution in [3.63, 3.8) is 0 Å². The molecule has 72 valence electrons. The number of hydrogen-bond acceptors (Lipinski definition) is 3. The van der Waals surface area contributed by atoms with Crippen LogP contribution < -0.4 is 4.74 Å². The predicted octanol–water partition coefficient (Wildman–Crippen LogP) is 2.50. The highest BCUT2D eigenvalue weighted by molar-refractivity contribution is 9.10. The molecule has 0 aromatic carbocycles. The van der Waals surface area contributed by atoms with E-state index in [1.54, 1.807) is 0 Å². The van der Waals surface area contributed by atoms with Crippen LogP contribution in [-0.2, 0) is 0 Å². The number of aromatic nitrogens is 1. The lowest BCUT2D eigenvalue weighted by Crippen LogP contribution is -1.93. The number of rotatable bonds is 2. The van der Waals surface area contributed by atoms with E-state index in [9.17, 15) is 8.78 Å². The van der Waals surface area contributed by atoms with Crippen LogP contribution in [0.15, 0.2) is 10.7 Å². The van der Waals surface area contributed by atoms with Crippen molar-refractivity contribution in [3.8, 4) is 11.6 Å². The number of alkyl halides is 2. The maximum Gasteiger partial charge on any atom is 0.267 e. The van der Waals surface area contributed by atoms with Crippen molar-refractivity contribution in [1.82, 2.24) is 4.98 Å². The number of aromatic hydroxyl groups is 1. The number of hydrogen-bond donors (Lipinski definition) is 1. The Labute approximate surface area is 81.5 Å². The molecule has 0 bridgehead atoms. The molecule has 0 aliphatic heterocycles. The van der Waals surface area contributed by atoms with Crippen LogP contribution in [0.1, 0.15) is 12.0 Å². The van der Waals surface area contributed by atoms with Gasteiger partial charge in [-0.1, -0.05) is 0 Å². The fourth-order valence-corrected chi connectivity index (χ4v) is 1.18. The van der Waals surface area contributed by atoms with Gasteiger partial charge < -0.3 is 9.84 Å². The zero-order valence-electron chi connectivity index (χ0n) is 6.59. The van der Waals surface area contributed by atoms with E-state index < -0.39 is 17.7 Å². The van der Waals surface area contributed by atoms with Gasteiger partial charge in [0.2, 0.25) is 5.88 Å². The van der Waals surface area contributed by atoms with E-state index in [1.165, 1.54) is 7.11 Å². The lowest BCUT2D eigenvalue weighted by Gasteiger charge is -2.06. The van der Waals surface area contributed by atoms with E-state index in [2.05, 4.69) is 25.7 Å². The molecule has 1 aromatic heterocycles. The fourth-order valence-electron chi connectivity index (χ4n) is 0.773. The van der Waals surface area contributed by atoms with Crippen molar-refractivity contribution in [1.29, 1.82) is 0 Å². The average Bonchev–Trinajstić information content (AvgIpc) is 2.09. The summed E-state index contributed by atoms with van der Waals surface area (Å²) in [5.41, 5.74) is -0.501. The first-order valence-electron chi connectivity index (χ1n) is 3.27. The van der Waals surface area contributed by atoms with Gasteiger partial charge in [-0.05, 0) is 15.9 Å². The van der Waals surface area contributed by atoms with Gasteiger partial charge in [0.15, 0.2) is 10.4 Å². The minimum absolute atomic E-state index is 0.0278. The Hall–Kier alpha value is -0.910. The van der Waals surface area contributed by atoms with Gasteiger partial charge in [-0.3, -0.25) is 0 Å². The largest absolute Gasteiger partial charge is 0.505 e. The van der Waals surface area contributed by atoms with Crippen LogP contribution in [0.5, 0.6) is 11.6 Å². The van der Waals surface area contributed by atoms with Crippen LogP contribution in [-0.4, -0.2) is 17.2 Å². The fraction of sp³-hybridized carbons (Fsp3) is 0.286. The standard InChI is InChI=1S/C7H6BrF2NO2/c1-13-4-2-3(7(9)10)5(12)6(8)11-4/h2,7,12H,1H3. The molecule has 3 nitrogen and oxygen atoms in total. The molecule has 0 radical (unpaired) electrons. The second-order valence-corrected chi connectivity index (χ2v) is 2.95. The lowest BCUT2D eigenvalue weighted by atomic mass is 10.2. The Kier molecular flexibility index (Phi) is 3.02. The smallest absolute Gasteiger partial charge is 0.267 e. The molecule has 1 rings (SSSR count). The quantitative estimate of drug-likeness (QED) is 0.824. The van der Waals surface area contributed by atoms with E-state index in [-0.39, 0.29) is 10.5 Å². The molecular weight excluding hydrogens is 248 g/mol. The summed E-state index contributed by atoms with van der Waals surface area (Å²) in [6, 6.07) is 0.991. The van der Waals surface area contributed by atoms with Crippen LogP contribution in [0.3, 0.4) is 0 Å².